The van der Waals surface area contributed by atoms with Gasteiger partial charge in [-0.25, -0.2) is 4.99 Å². The summed E-state index contributed by atoms with van der Waals surface area (Å²) < 4.78 is 0. The number of hydrogen-bond acceptors (Lipinski definition) is 3. The molecule has 3 nitrogen and oxygen atoms in total. The van der Waals surface area contributed by atoms with Crippen molar-refractivity contribution in [1.82, 2.24) is 0 Å². The van der Waals surface area contributed by atoms with Crippen LogP contribution < -0.4 is 0 Å². The lowest BCUT2D eigenvalue weighted by Crippen LogP contribution is -1.92. The van der Waals surface area contributed by atoms with Gasteiger partial charge < -0.3 is 0 Å². The Morgan fingerprint density at radius 2 is 2.44 bits per heavy atom. The number of aliphatic imine (C=N–C) groups is 2. The molecule has 9 heavy (non-hydrogen) atoms. The van der Waals surface area contributed by atoms with Crippen molar-refractivity contribution in [2.24, 2.45) is 9.98 Å². The average Bonchev–Trinajstić information content (AvgIpc) is 1.88. The summed E-state index contributed by atoms with van der Waals surface area (Å²) in [5.41, 5.74) is 0.271. The largest absolute Gasteiger partial charge is 0.293 e. The van der Waals surface area contributed by atoms with Gasteiger partial charge in [0.1, 0.15) is 6.07 Å². The first-order valence-corrected chi connectivity index (χ1v) is 2.36. The van der Waals surface area contributed by atoms with Crippen LogP contribution >= 0.6 is 0 Å². The number of nitrogens with zero attached hydrogens (tertiary/aromatic N) is 3. The summed E-state index contributed by atoms with van der Waals surface area (Å²) in [7, 11) is 1.58. The van der Waals surface area contributed by atoms with Crippen LogP contribution in [0.15, 0.2) is 22.8 Å². The van der Waals surface area contributed by atoms with Gasteiger partial charge in [0.05, 0.1) is 6.21 Å². The minimum Gasteiger partial charge on any atom is -0.293 e. The highest BCUT2D eigenvalue weighted by molar-refractivity contribution is 6.38. The summed E-state index contributed by atoms with van der Waals surface area (Å²) in [6.07, 6.45) is 2.68. The minimum absolute atomic E-state index is 0.271. The van der Waals surface area contributed by atoms with Crippen molar-refractivity contribution in [1.29, 1.82) is 5.26 Å². The highest BCUT2D eigenvalue weighted by Gasteiger charge is 1.84. The molecule has 0 spiro atoms. The number of nitriles is 1. The van der Waals surface area contributed by atoms with Crippen molar-refractivity contribution in [3.8, 4) is 6.07 Å². The Morgan fingerprint density at radius 3 is 2.78 bits per heavy atom. The van der Waals surface area contributed by atoms with E-state index in [9.17, 15) is 0 Å². The van der Waals surface area contributed by atoms with Crippen molar-refractivity contribution in [3.63, 3.8) is 0 Å². The predicted molar refractivity (Wildman–Crippen MR) is 37.7 cm³/mol. The van der Waals surface area contributed by atoms with Crippen LogP contribution in [0.1, 0.15) is 0 Å². The fraction of sp³-hybridized carbons (Fsp3) is 0.167. The monoisotopic (exact) mass is 121 g/mol. The minimum atomic E-state index is 0.271. The Morgan fingerprint density at radius 1 is 1.78 bits per heavy atom. The lowest BCUT2D eigenvalue weighted by Gasteiger charge is -1.78. The molecule has 0 aliphatic rings. The van der Waals surface area contributed by atoms with E-state index in [4.69, 9.17) is 5.26 Å². The van der Waals surface area contributed by atoms with Gasteiger partial charge in [0.2, 0.25) is 0 Å². The fourth-order valence-corrected chi connectivity index (χ4v) is 0.312. The van der Waals surface area contributed by atoms with Crippen molar-refractivity contribution in [2.45, 2.75) is 0 Å². The summed E-state index contributed by atoms with van der Waals surface area (Å²) >= 11 is 0. The average molecular weight is 121 g/mol. The van der Waals surface area contributed by atoms with Gasteiger partial charge >= 0.3 is 0 Å². The van der Waals surface area contributed by atoms with Gasteiger partial charge in [-0.15, -0.1) is 0 Å². The third kappa shape index (κ3) is 3.18. The van der Waals surface area contributed by atoms with E-state index >= 15 is 0 Å². The zero-order valence-corrected chi connectivity index (χ0v) is 5.20. The zero-order chi connectivity index (χ0) is 7.11. The molecule has 0 aromatic carbocycles. The van der Waals surface area contributed by atoms with Crippen LogP contribution in [0, 0.1) is 11.3 Å². The Bertz CT molecular complexity index is 183. The molecule has 0 aromatic rings. The standard InChI is InChI=1S/C6H7N3/c1-3-9-6(4-7)5-8-2/h3,5H,1H2,2H3/b8-5-,9-6-. The van der Waals surface area contributed by atoms with Crippen molar-refractivity contribution in [3.05, 3.63) is 12.8 Å². The third-order valence-electron chi connectivity index (χ3n) is 0.596. The smallest absolute Gasteiger partial charge is 0.158 e. The Balaban J connectivity index is 4.19. The van der Waals surface area contributed by atoms with Crippen molar-refractivity contribution in [2.75, 3.05) is 7.05 Å². The molecule has 3 heteroatoms. The summed E-state index contributed by atoms with van der Waals surface area (Å²) in [6.45, 7) is 3.33. The molecule has 0 saturated heterocycles. The maximum absolute atomic E-state index is 8.27. The summed E-state index contributed by atoms with van der Waals surface area (Å²) in [5.74, 6) is 0. The molecular weight excluding hydrogens is 114 g/mol. The van der Waals surface area contributed by atoms with Gasteiger partial charge in [0, 0.05) is 13.2 Å². The number of rotatable bonds is 2. The molecule has 0 fully saturated rings. The predicted octanol–water partition coefficient (Wildman–Crippen LogP) is 0.795. The maximum atomic E-state index is 8.27. The van der Waals surface area contributed by atoms with Gasteiger partial charge in [-0.1, -0.05) is 6.58 Å². The molecular formula is C6H7N3. The molecule has 0 aliphatic carbocycles. The molecule has 0 heterocycles. The Labute approximate surface area is 54.1 Å². The van der Waals surface area contributed by atoms with Gasteiger partial charge in [-0.2, -0.15) is 5.26 Å². The van der Waals surface area contributed by atoms with Crippen LogP contribution in [0.5, 0.6) is 0 Å². The molecule has 0 aliphatic heterocycles. The highest BCUT2D eigenvalue weighted by atomic mass is 14.7. The van der Waals surface area contributed by atoms with Crippen LogP contribution in [0.2, 0.25) is 0 Å². The highest BCUT2D eigenvalue weighted by Crippen LogP contribution is 1.73. The van der Waals surface area contributed by atoms with Crippen LogP contribution in [-0.2, 0) is 0 Å². The SMILES string of the molecule is C=C/N=C(C#N)\C=N/C. The summed E-state index contributed by atoms with van der Waals surface area (Å²) in [5, 5.41) is 8.27. The van der Waals surface area contributed by atoms with E-state index in [1.54, 1.807) is 7.05 Å². The number of hydrogen-bond donors (Lipinski definition) is 0. The topological polar surface area (TPSA) is 48.5 Å². The van der Waals surface area contributed by atoms with Crippen molar-refractivity contribution >= 4 is 11.9 Å². The second-order valence-corrected chi connectivity index (χ2v) is 1.20. The quantitative estimate of drug-likeness (QED) is 0.498. The summed E-state index contributed by atoms with van der Waals surface area (Å²) in [6, 6.07) is 1.83. The van der Waals surface area contributed by atoms with E-state index in [1.807, 2.05) is 6.07 Å². The molecule has 0 atom stereocenters. The zero-order valence-electron chi connectivity index (χ0n) is 5.20. The van der Waals surface area contributed by atoms with E-state index in [2.05, 4.69) is 16.6 Å². The van der Waals surface area contributed by atoms with E-state index in [0.717, 1.165) is 0 Å². The molecule has 0 saturated carbocycles. The first kappa shape index (κ1) is 7.57. The molecule has 0 aromatic heterocycles. The fourth-order valence-electron chi connectivity index (χ4n) is 0.312. The molecule has 0 bridgehead atoms. The molecule has 0 radical (unpaired) electrons. The van der Waals surface area contributed by atoms with Gasteiger partial charge in [0.25, 0.3) is 0 Å². The van der Waals surface area contributed by atoms with Crippen molar-refractivity contribution < 1.29 is 0 Å². The normalized spacial score (nSPS) is 11.3. The maximum Gasteiger partial charge on any atom is 0.158 e. The molecule has 0 unspecified atom stereocenters. The first-order chi connectivity index (χ1) is 4.35. The Kier molecular flexibility index (Phi) is 3.97. The van der Waals surface area contributed by atoms with Gasteiger partial charge in [-0.05, 0) is 0 Å². The van der Waals surface area contributed by atoms with Crippen LogP contribution in [0.25, 0.3) is 0 Å². The molecule has 0 N–H and O–H groups in total. The second-order valence-electron chi connectivity index (χ2n) is 1.20. The van der Waals surface area contributed by atoms with Crippen LogP contribution in [0.4, 0.5) is 0 Å². The van der Waals surface area contributed by atoms with Gasteiger partial charge in [-0.3, -0.25) is 4.99 Å². The first-order valence-electron chi connectivity index (χ1n) is 2.36. The van der Waals surface area contributed by atoms with E-state index in [0.29, 0.717) is 0 Å². The lowest BCUT2D eigenvalue weighted by molar-refractivity contribution is 1.47. The third-order valence-corrected chi connectivity index (χ3v) is 0.596. The van der Waals surface area contributed by atoms with E-state index in [1.165, 1.54) is 12.4 Å². The van der Waals surface area contributed by atoms with Crippen LogP contribution in [0.3, 0.4) is 0 Å². The second kappa shape index (κ2) is 4.72. The summed E-state index contributed by atoms with van der Waals surface area (Å²) in [4.78, 5) is 7.20. The molecule has 46 valence electrons. The lowest BCUT2D eigenvalue weighted by atomic mass is 10.4. The molecule has 0 amide bonds. The van der Waals surface area contributed by atoms with E-state index in [-0.39, 0.29) is 5.71 Å². The molecule has 0 rings (SSSR count). The van der Waals surface area contributed by atoms with E-state index < -0.39 is 0 Å². The Hall–Kier alpha value is -1.43. The van der Waals surface area contributed by atoms with Gasteiger partial charge in [0.15, 0.2) is 5.71 Å². The van der Waals surface area contributed by atoms with Crippen LogP contribution in [-0.4, -0.2) is 19.0 Å².